The highest BCUT2D eigenvalue weighted by Gasteiger charge is 2.16. The van der Waals surface area contributed by atoms with Gasteiger partial charge in [-0.05, 0) is 38.5 Å². The molecule has 6 heteroatoms. The molecule has 0 saturated carbocycles. The number of primary amides is 1. The molecule has 0 spiro atoms. The van der Waals surface area contributed by atoms with Crippen LogP contribution in [0.1, 0.15) is 36.7 Å². The molecule has 1 rings (SSSR count). The third kappa shape index (κ3) is 6.13. The van der Waals surface area contributed by atoms with Gasteiger partial charge in [-0.15, -0.1) is 0 Å². The van der Waals surface area contributed by atoms with Crippen molar-refractivity contribution in [1.29, 1.82) is 0 Å². The summed E-state index contributed by atoms with van der Waals surface area (Å²) in [5.41, 5.74) is 6.43. The summed E-state index contributed by atoms with van der Waals surface area (Å²) in [6.07, 6.45) is 0. The zero-order valence-corrected chi connectivity index (χ0v) is 13.8. The van der Waals surface area contributed by atoms with E-state index in [9.17, 15) is 4.79 Å². The van der Waals surface area contributed by atoms with Gasteiger partial charge in [0.2, 0.25) is 5.91 Å². The van der Waals surface area contributed by atoms with E-state index in [1.807, 2.05) is 26.8 Å². The SMILES string of the molecule is CCNC(=NCc1cccc(C(N)=O)c1)NCC(C)(C)OC. The molecule has 0 aliphatic carbocycles. The molecule has 0 radical (unpaired) electrons. The van der Waals surface area contributed by atoms with Crippen molar-refractivity contribution in [2.45, 2.75) is 32.9 Å². The summed E-state index contributed by atoms with van der Waals surface area (Å²) in [4.78, 5) is 15.7. The molecular formula is C16H26N4O2. The number of hydrogen-bond donors (Lipinski definition) is 3. The summed E-state index contributed by atoms with van der Waals surface area (Å²) in [5, 5.41) is 6.42. The van der Waals surface area contributed by atoms with Crippen molar-refractivity contribution in [3.63, 3.8) is 0 Å². The summed E-state index contributed by atoms with van der Waals surface area (Å²) in [7, 11) is 1.68. The average molecular weight is 306 g/mol. The number of amides is 1. The summed E-state index contributed by atoms with van der Waals surface area (Å²) in [6, 6.07) is 7.17. The Labute approximate surface area is 132 Å². The van der Waals surface area contributed by atoms with Crippen LogP contribution in [0, 0.1) is 0 Å². The number of hydrogen-bond acceptors (Lipinski definition) is 3. The van der Waals surface area contributed by atoms with Crippen molar-refractivity contribution in [3.8, 4) is 0 Å². The van der Waals surface area contributed by atoms with E-state index < -0.39 is 5.91 Å². The van der Waals surface area contributed by atoms with Crippen LogP contribution in [0.15, 0.2) is 29.3 Å². The van der Waals surface area contributed by atoms with Gasteiger partial charge in [0, 0.05) is 25.8 Å². The number of rotatable bonds is 7. The third-order valence-electron chi connectivity index (χ3n) is 3.21. The quantitative estimate of drug-likeness (QED) is 0.523. The molecule has 1 amide bonds. The molecule has 4 N–H and O–H groups in total. The van der Waals surface area contributed by atoms with Crippen LogP contribution in [0.4, 0.5) is 0 Å². The van der Waals surface area contributed by atoms with Crippen molar-refractivity contribution in [3.05, 3.63) is 35.4 Å². The Morgan fingerprint density at radius 3 is 2.68 bits per heavy atom. The average Bonchev–Trinajstić information content (AvgIpc) is 2.50. The Bertz CT molecular complexity index is 527. The molecule has 0 heterocycles. The molecule has 122 valence electrons. The van der Waals surface area contributed by atoms with Gasteiger partial charge in [-0.1, -0.05) is 12.1 Å². The maximum atomic E-state index is 11.2. The maximum absolute atomic E-state index is 11.2. The molecule has 0 fully saturated rings. The normalized spacial score (nSPS) is 12.1. The summed E-state index contributed by atoms with van der Waals surface area (Å²) in [6.45, 7) is 7.87. The molecule has 0 atom stereocenters. The topological polar surface area (TPSA) is 88.7 Å². The first-order chi connectivity index (χ1) is 10.4. The van der Waals surface area contributed by atoms with E-state index >= 15 is 0 Å². The van der Waals surface area contributed by atoms with Crippen LogP contribution >= 0.6 is 0 Å². The summed E-state index contributed by atoms with van der Waals surface area (Å²) < 4.78 is 5.37. The lowest BCUT2D eigenvalue weighted by molar-refractivity contribution is 0.0268. The number of carbonyl (C=O) groups excluding carboxylic acids is 1. The Kier molecular flexibility index (Phi) is 6.85. The number of nitrogens with one attached hydrogen (secondary N) is 2. The predicted molar refractivity (Wildman–Crippen MR) is 88.9 cm³/mol. The molecule has 6 nitrogen and oxygen atoms in total. The standard InChI is InChI=1S/C16H26N4O2/c1-5-18-15(20-11-16(2,3)22-4)19-10-12-7-6-8-13(9-12)14(17)21/h6-9H,5,10-11H2,1-4H3,(H2,17,21)(H2,18,19,20). The first-order valence-electron chi connectivity index (χ1n) is 7.34. The molecule has 0 unspecified atom stereocenters. The molecule has 0 aromatic heterocycles. The van der Waals surface area contributed by atoms with E-state index in [1.165, 1.54) is 0 Å². The Morgan fingerprint density at radius 1 is 1.36 bits per heavy atom. The van der Waals surface area contributed by atoms with Gasteiger partial charge in [0.25, 0.3) is 0 Å². The van der Waals surface area contributed by atoms with Gasteiger partial charge in [-0.2, -0.15) is 0 Å². The number of nitrogens with two attached hydrogens (primary N) is 1. The molecule has 22 heavy (non-hydrogen) atoms. The fourth-order valence-electron chi connectivity index (χ4n) is 1.70. The smallest absolute Gasteiger partial charge is 0.248 e. The number of carbonyl (C=O) groups is 1. The fourth-order valence-corrected chi connectivity index (χ4v) is 1.70. The predicted octanol–water partition coefficient (Wildman–Crippen LogP) is 1.27. The van der Waals surface area contributed by atoms with Gasteiger partial charge in [0.05, 0.1) is 12.1 Å². The number of aliphatic imine (C=N–C) groups is 1. The molecule has 0 bridgehead atoms. The van der Waals surface area contributed by atoms with Gasteiger partial charge in [0.15, 0.2) is 5.96 Å². The third-order valence-corrected chi connectivity index (χ3v) is 3.21. The van der Waals surface area contributed by atoms with Crippen molar-refractivity contribution in [1.82, 2.24) is 10.6 Å². The summed E-state index contributed by atoms with van der Waals surface area (Å²) >= 11 is 0. The lowest BCUT2D eigenvalue weighted by atomic mass is 10.1. The summed E-state index contributed by atoms with van der Waals surface area (Å²) in [5.74, 6) is 0.273. The van der Waals surface area contributed by atoms with Crippen molar-refractivity contribution >= 4 is 11.9 Å². The van der Waals surface area contributed by atoms with Gasteiger partial charge < -0.3 is 21.1 Å². The van der Waals surface area contributed by atoms with Crippen LogP contribution < -0.4 is 16.4 Å². The Morgan fingerprint density at radius 2 is 2.09 bits per heavy atom. The van der Waals surface area contributed by atoms with Gasteiger partial charge in [0.1, 0.15) is 0 Å². The van der Waals surface area contributed by atoms with Crippen LogP contribution in [0.25, 0.3) is 0 Å². The van der Waals surface area contributed by atoms with Crippen molar-refractivity contribution in [2.75, 3.05) is 20.2 Å². The number of methoxy groups -OCH3 is 1. The minimum absolute atomic E-state index is 0.276. The highest BCUT2D eigenvalue weighted by atomic mass is 16.5. The molecule has 1 aromatic carbocycles. The van der Waals surface area contributed by atoms with Crippen LogP contribution in [0.3, 0.4) is 0 Å². The Hall–Kier alpha value is -2.08. The number of guanidine groups is 1. The lowest BCUT2D eigenvalue weighted by Gasteiger charge is -2.24. The van der Waals surface area contributed by atoms with Crippen molar-refractivity contribution in [2.24, 2.45) is 10.7 Å². The monoisotopic (exact) mass is 306 g/mol. The van der Waals surface area contributed by atoms with E-state index in [2.05, 4.69) is 15.6 Å². The second-order valence-electron chi connectivity index (χ2n) is 5.58. The van der Waals surface area contributed by atoms with Gasteiger partial charge >= 0.3 is 0 Å². The zero-order chi connectivity index (χ0) is 16.6. The second-order valence-corrected chi connectivity index (χ2v) is 5.58. The fraction of sp³-hybridized carbons (Fsp3) is 0.500. The lowest BCUT2D eigenvalue weighted by Crippen LogP contribution is -2.45. The van der Waals surface area contributed by atoms with Crippen LogP contribution in [-0.4, -0.2) is 37.7 Å². The minimum atomic E-state index is -0.433. The molecule has 1 aromatic rings. The minimum Gasteiger partial charge on any atom is -0.377 e. The second kappa shape index (κ2) is 8.38. The highest BCUT2D eigenvalue weighted by Crippen LogP contribution is 2.07. The van der Waals surface area contributed by atoms with Crippen LogP contribution in [-0.2, 0) is 11.3 Å². The molecule has 0 aliphatic rings. The maximum Gasteiger partial charge on any atom is 0.248 e. The highest BCUT2D eigenvalue weighted by molar-refractivity contribution is 5.92. The number of ether oxygens (including phenoxy) is 1. The van der Waals surface area contributed by atoms with E-state index in [4.69, 9.17) is 10.5 Å². The van der Waals surface area contributed by atoms with Crippen LogP contribution in [0.5, 0.6) is 0 Å². The van der Waals surface area contributed by atoms with Gasteiger partial charge in [-0.25, -0.2) is 4.99 Å². The molecular weight excluding hydrogens is 280 g/mol. The largest absolute Gasteiger partial charge is 0.377 e. The molecule has 0 saturated heterocycles. The molecule has 0 aliphatic heterocycles. The Balaban J connectivity index is 2.73. The first kappa shape index (κ1) is 18.0. The van der Waals surface area contributed by atoms with E-state index in [-0.39, 0.29) is 5.60 Å². The number of nitrogens with zero attached hydrogens (tertiary/aromatic N) is 1. The van der Waals surface area contributed by atoms with E-state index in [0.717, 1.165) is 12.1 Å². The zero-order valence-electron chi connectivity index (χ0n) is 13.8. The van der Waals surface area contributed by atoms with Crippen LogP contribution in [0.2, 0.25) is 0 Å². The van der Waals surface area contributed by atoms with Crippen molar-refractivity contribution < 1.29 is 9.53 Å². The van der Waals surface area contributed by atoms with E-state index in [1.54, 1.807) is 25.3 Å². The van der Waals surface area contributed by atoms with E-state index in [0.29, 0.717) is 24.6 Å². The van der Waals surface area contributed by atoms with Gasteiger partial charge in [-0.3, -0.25) is 4.79 Å². The first-order valence-corrected chi connectivity index (χ1v) is 7.34. The number of benzene rings is 1.